The van der Waals surface area contributed by atoms with Crippen molar-refractivity contribution < 1.29 is 9.15 Å². The number of halogens is 1. The number of furan rings is 1. The summed E-state index contributed by atoms with van der Waals surface area (Å²) in [4.78, 5) is 18.2. The molecule has 0 aliphatic rings. The molecule has 0 radical (unpaired) electrons. The minimum absolute atomic E-state index is 0.00686. The molecule has 7 heteroatoms. The van der Waals surface area contributed by atoms with E-state index in [2.05, 4.69) is 41.8 Å². The number of hydrogen-bond donors (Lipinski definition) is 0. The molecule has 6 nitrogen and oxygen atoms in total. The van der Waals surface area contributed by atoms with E-state index >= 15 is 0 Å². The second-order valence-corrected chi connectivity index (χ2v) is 10.4. The number of fused-ring (bicyclic) bond motifs is 2. The summed E-state index contributed by atoms with van der Waals surface area (Å²) in [5, 5.41) is 5.94. The molecule has 0 bridgehead atoms. The quantitative estimate of drug-likeness (QED) is 0.232. The van der Waals surface area contributed by atoms with Gasteiger partial charge < -0.3 is 9.15 Å². The lowest BCUT2D eigenvalue weighted by molar-refractivity contribution is 0.197. The smallest absolute Gasteiger partial charge is 0.282 e. The van der Waals surface area contributed by atoms with Crippen LogP contribution in [0.2, 0.25) is 0 Å². The predicted octanol–water partition coefficient (Wildman–Crippen LogP) is 6.88. The van der Waals surface area contributed by atoms with Crippen molar-refractivity contribution in [3.05, 3.63) is 93.2 Å². The van der Waals surface area contributed by atoms with Crippen molar-refractivity contribution in [3.63, 3.8) is 0 Å². The molecule has 35 heavy (non-hydrogen) atoms. The highest BCUT2D eigenvalue weighted by molar-refractivity contribution is 9.10. The van der Waals surface area contributed by atoms with E-state index in [1.807, 2.05) is 66.7 Å². The van der Waals surface area contributed by atoms with Gasteiger partial charge in [-0.3, -0.25) is 4.79 Å². The molecular formula is C28H24BrN3O3. The minimum atomic E-state index is -0.281. The second-order valence-electron chi connectivity index (χ2n) is 9.49. The van der Waals surface area contributed by atoms with Gasteiger partial charge in [-0.05, 0) is 53.9 Å². The number of rotatable bonds is 5. The number of ether oxygens (including phenoxy) is 1. The Morgan fingerprint density at radius 1 is 1.06 bits per heavy atom. The third-order valence-corrected chi connectivity index (χ3v) is 5.84. The van der Waals surface area contributed by atoms with Gasteiger partial charge in [-0.25, -0.2) is 4.98 Å². The van der Waals surface area contributed by atoms with E-state index in [-0.39, 0.29) is 11.0 Å². The van der Waals surface area contributed by atoms with E-state index in [1.165, 1.54) is 4.68 Å². The normalized spacial score (nSPS) is 12.1. The SMILES string of the molecule is CC(C)(C)COc1ccccc1C=Nn1c(-c2cc3cc(Br)ccc3o2)nc2ccccc2c1=O. The topological polar surface area (TPSA) is 69.6 Å². The first-order chi connectivity index (χ1) is 16.8. The molecule has 0 saturated heterocycles. The Morgan fingerprint density at radius 3 is 2.66 bits per heavy atom. The van der Waals surface area contributed by atoms with Crippen molar-refractivity contribution in [3.8, 4) is 17.3 Å². The van der Waals surface area contributed by atoms with Gasteiger partial charge in [-0.1, -0.05) is 61.0 Å². The van der Waals surface area contributed by atoms with Crippen molar-refractivity contribution in [1.82, 2.24) is 9.66 Å². The molecule has 0 unspecified atom stereocenters. The van der Waals surface area contributed by atoms with Crippen LogP contribution in [0.1, 0.15) is 26.3 Å². The first kappa shape index (κ1) is 23.1. The Bertz CT molecular complexity index is 1630. The number of aromatic nitrogens is 2. The molecule has 0 atom stereocenters. The van der Waals surface area contributed by atoms with Crippen LogP contribution in [0, 0.1) is 5.41 Å². The lowest BCUT2D eigenvalue weighted by Crippen LogP contribution is -2.20. The minimum Gasteiger partial charge on any atom is -0.492 e. The van der Waals surface area contributed by atoms with Crippen LogP contribution < -0.4 is 10.3 Å². The molecule has 0 saturated carbocycles. The first-order valence-corrected chi connectivity index (χ1v) is 12.1. The van der Waals surface area contributed by atoms with E-state index < -0.39 is 0 Å². The number of para-hydroxylation sites is 2. The Hall–Kier alpha value is -3.71. The molecule has 0 fully saturated rings. The molecule has 3 aromatic carbocycles. The van der Waals surface area contributed by atoms with Crippen LogP contribution in [0.5, 0.6) is 5.75 Å². The van der Waals surface area contributed by atoms with Gasteiger partial charge in [-0.15, -0.1) is 0 Å². The Morgan fingerprint density at radius 2 is 1.83 bits per heavy atom. The molecule has 5 rings (SSSR count). The van der Waals surface area contributed by atoms with Crippen LogP contribution in [-0.2, 0) is 0 Å². The molecule has 5 aromatic rings. The third-order valence-electron chi connectivity index (χ3n) is 5.34. The van der Waals surface area contributed by atoms with Crippen molar-refractivity contribution in [1.29, 1.82) is 0 Å². The predicted molar refractivity (Wildman–Crippen MR) is 143 cm³/mol. The molecule has 2 heterocycles. The largest absolute Gasteiger partial charge is 0.492 e. The van der Waals surface area contributed by atoms with Gasteiger partial charge in [0, 0.05) is 15.4 Å². The molecular weight excluding hydrogens is 506 g/mol. The summed E-state index contributed by atoms with van der Waals surface area (Å²) >= 11 is 3.49. The summed E-state index contributed by atoms with van der Waals surface area (Å²) in [5.41, 5.74) is 1.76. The van der Waals surface area contributed by atoms with Crippen LogP contribution in [0.15, 0.2) is 91.6 Å². The van der Waals surface area contributed by atoms with Gasteiger partial charge >= 0.3 is 0 Å². The fraction of sp³-hybridized carbons (Fsp3) is 0.179. The average Bonchev–Trinajstić information content (AvgIpc) is 3.25. The highest BCUT2D eigenvalue weighted by Crippen LogP contribution is 2.29. The van der Waals surface area contributed by atoms with Gasteiger partial charge in [0.25, 0.3) is 5.56 Å². The summed E-state index contributed by atoms with van der Waals surface area (Å²) in [6.45, 7) is 6.89. The highest BCUT2D eigenvalue weighted by Gasteiger charge is 2.17. The molecule has 0 N–H and O–H groups in total. The van der Waals surface area contributed by atoms with Crippen LogP contribution in [-0.4, -0.2) is 22.5 Å². The van der Waals surface area contributed by atoms with Crippen LogP contribution in [0.25, 0.3) is 33.5 Å². The van der Waals surface area contributed by atoms with Gasteiger partial charge in [0.2, 0.25) is 5.82 Å². The van der Waals surface area contributed by atoms with E-state index in [4.69, 9.17) is 14.1 Å². The monoisotopic (exact) mass is 529 g/mol. The van der Waals surface area contributed by atoms with Gasteiger partial charge in [0.05, 0.1) is 23.7 Å². The summed E-state index contributed by atoms with van der Waals surface area (Å²) in [6, 6.07) is 22.4. The van der Waals surface area contributed by atoms with Crippen LogP contribution >= 0.6 is 15.9 Å². The van der Waals surface area contributed by atoms with E-state index in [1.54, 1.807) is 12.3 Å². The van der Waals surface area contributed by atoms with Gasteiger partial charge in [-0.2, -0.15) is 9.78 Å². The zero-order valence-corrected chi connectivity index (χ0v) is 21.2. The molecule has 0 spiro atoms. The second kappa shape index (κ2) is 9.15. The summed E-state index contributed by atoms with van der Waals surface area (Å²) in [5.74, 6) is 1.48. The zero-order valence-electron chi connectivity index (χ0n) is 19.7. The van der Waals surface area contributed by atoms with E-state index in [0.717, 1.165) is 15.4 Å². The standard InChI is InChI=1S/C28H24BrN3O3/c1-28(2,3)17-34-23-11-7-4-8-18(23)16-30-32-26(31-22-10-6-5-9-21(22)27(32)33)25-15-19-14-20(29)12-13-24(19)35-25/h4-16H,17H2,1-3H3. The first-order valence-electron chi connectivity index (χ1n) is 11.3. The van der Waals surface area contributed by atoms with Crippen molar-refractivity contribution in [2.24, 2.45) is 10.5 Å². The summed E-state index contributed by atoms with van der Waals surface area (Å²) in [6.07, 6.45) is 1.62. The maximum atomic E-state index is 13.5. The fourth-order valence-electron chi connectivity index (χ4n) is 3.65. The molecule has 0 aliphatic heterocycles. The molecule has 2 aromatic heterocycles. The average molecular weight is 530 g/mol. The lowest BCUT2D eigenvalue weighted by Gasteiger charge is -2.19. The maximum absolute atomic E-state index is 13.5. The molecule has 176 valence electrons. The number of nitrogens with zero attached hydrogens (tertiary/aromatic N) is 3. The van der Waals surface area contributed by atoms with E-state index in [9.17, 15) is 4.79 Å². The Balaban J connectivity index is 1.64. The fourth-order valence-corrected chi connectivity index (χ4v) is 4.03. The van der Waals surface area contributed by atoms with Gasteiger partial charge in [0.1, 0.15) is 11.3 Å². The Labute approximate surface area is 211 Å². The van der Waals surface area contributed by atoms with Crippen LogP contribution in [0.4, 0.5) is 0 Å². The van der Waals surface area contributed by atoms with E-state index in [0.29, 0.717) is 40.4 Å². The summed E-state index contributed by atoms with van der Waals surface area (Å²) in [7, 11) is 0. The van der Waals surface area contributed by atoms with Crippen LogP contribution in [0.3, 0.4) is 0 Å². The maximum Gasteiger partial charge on any atom is 0.282 e. The molecule has 0 aliphatic carbocycles. The highest BCUT2D eigenvalue weighted by atomic mass is 79.9. The molecule has 0 amide bonds. The third kappa shape index (κ3) is 4.91. The number of benzene rings is 3. The van der Waals surface area contributed by atoms with Crippen molar-refractivity contribution in [2.45, 2.75) is 20.8 Å². The lowest BCUT2D eigenvalue weighted by atomic mass is 9.99. The zero-order chi connectivity index (χ0) is 24.6. The summed E-state index contributed by atoms with van der Waals surface area (Å²) < 4.78 is 14.3. The van der Waals surface area contributed by atoms with Crippen molar-refractivity contribution >= 4 is 44.0 Å². The van der Waals surface area contributed by atoms with Gasteiger partial charge in [0.15, 0.2) is 5.76 Å². The number of hydrogen-bond acceptors (Lipinski definition) is 5. The van der Waals surface area contributed by atoms with Crippen molar-refractivity contribution in [2.75, 3.05) is 6.61 Å². The Kier molecular flexibility index (Phi) is 6.03.